The summed E-state index contributed by atoms with van der Waals surface area (Å²) in [7, 11) is 3.09. The number of carbonyl (C=O) groups excluding carboxylic acids is 2. The first-order valence-electron chi connectivity index (χ1n) is 11.7. The summed E-state index contributed by atoms with van der Waals surface area (Å²) >= 11 is 1.64. The number of rotatable bonds is 10. The van der Waals surface area contributed by atoms with Crippen molar-refractivity contribution in [2.24, 2.45) is 0 Å². The van der Waals surface area contributed by atoms with Gasteiger partial charge in [-0.2, -0.15) is 0 Å². The molecule has 4 rings (SSSR count). The van der Waals surface area contributed by atoms with Crippen molar-refractivity contribution in [1.82, 2.24) is 9.80 Å². The van der Waals surface area contributed by atoms with Crippen LogP contribution in [-0.4, -0.2) is 68.7 Å². The molecule has 0 aliphatic carbocycles. The topological polar surface area (TPSA) is 68.3 Å². The number of benzene rings is 2. The molecule has 0 N–H and O–H groups in total. The van der Waals surface area contributed by atoms with E-state index in [2.05, 4.69) is 0 Å². The molecular formula is C27H29FN2O5S. The van der Waals surface area contributed by atoms with Crippen LogP contribution in [0, 0.1) is 5.82 Å². The van der Waals surface area contributed by atoms with E-state index >= 15 is 0 Å². The summed E-state index contributed by atoms with van der Waals surface area (Å²) < 4.78 is 30.4. The number of thiophene rings is 1. The molecule has 190 valence electrons. The van der Waals surface area contributed by atoms with Gasteiger partial charge in [0.05, 0.1) is 19.8 Å². The zero-order valence-corrected chi connectivity index (χ0v) is 21.1. The maximum Gasteiger partial charge on any atom is 0.254 e. The second kappa shape index (κ2) is 12.0. The first kappa shape index (κ1) is 25.7. The molecule has 3 aromatic rings. The molecule has 0 bridgehead atoms. The zero-order valence-electron chi connectivity index (χ0n) is 20.3. The van der Waals surface area contributed by atoms with E-state index in [9.17, 15) is 14.0 Å². The highest BCUT2D eigenvalue weighted by Gasteiger charge is 2.33. The van der Waals surface area contributed by atoms with Gasteiger partial charge in [-0.05, 0) is 53.8 Å². The van der Waals surface area contributed by atoms with E-state index in [0.29, 0.717) is 17.9 Å². The second-order valence-corrected chi connectivity index (χ2v) is 9.35. The van der Waals surface area contributed by atoms with Crippen molar-refractivity contribution in [2.75, 3.05) is 47.1 Å². The Labute approximate surface area is 214 Å². The second-order valence-electron chi connectivity index (χ2n) is 8.34. The average molecular weight is 513 g/mol. The predicted octanol–water partition coefficient (Wildman–Crippen LogP) is 4.19. The normalized spacial score (nSPS) is 14.8. The summed E-state index contributed by atoms with van der Waals surface area (Å²) in [5.41, 5.74) is 1.43. The van der Waals surface area contributed by atoms with Crippen molar-refractivity contribution in [3.63, 3.8) is 0 Å². The van der Waals surface area contributed by atoms with Crippen LogP contribution in [0.1, 0.15) is 26.8 Å². The number of nitrogens with zero attached hydrogens (tertiary/aromatic N) is 2. The fourth-order valence-corrected chi connectivity index (χ4v) is 5.18. The Bertz CT molecular complexity index is 1200. The van der Waals surface area contributed by atoms with E-state index < -0.39 is 5.82 Å². The van der Waals surface area contributed by atoms with Crippen molar-refractivity contribution in [1.29, 1.82) is 0 Å². The van der Waals surface area contributed by atoms with Crippen LogP contribution >= 0.6 is 11.3 Å². The Hall–Kier alpha value is -3.43. The summed E-state index contributed by atoms with van der Waals surface area (Å²) in [4.78, 5) is 31.3. The number of ether oxygens (including phenoxy) is 3. The number of halogens is 1. The summed E-state index contributed by atoms with van der Waals surface area (Å²) in [6.07, 6.45) is 0.719. The molecule has 0 saturated heterocycles. The van der Waals surface area contributed by atoms with E-state index in [1.165, 1.54) is 23.0 Å². The fourth-order valence-electron chi connectivity index (χ4n) is 4.25. The summed E-state index contributed by atoms with van der Waals surface area (Å²) in [5, 5.41) is 1.99. The molecule has 9 heteroatoms. The molecular weight excluding hydrogens is 483 g/mol. The summed E-state index contributed by atoms with van der Waals surface area (Å²) in [5.74, 6) is -0.244. The van der Waals surface area contributed by atoms with Gasteiger partial charge in [0.15, 0.2) is 11.6 Å². The molecule has 2 aromatic carbocycles. The third-order valence-electron chi connectivity index (χ3n) is 6.14. The molecule has 1 aliphatic heterocycles. The Balaban J connectivity index is 1.53. The fraction of sp³-hybridized carbons (Fsp3) is 0.333. The minimum atomic E-state index is -0.452. The van der Waals surface area contributed by atoms with Gasteiger partial charge in [-0.1, -0.05) is 18.2 Å². The minimum absolute atomic E-state index is 0.109. The van der Waals surface area contributed by atoms with E-state index in [0.717, 1.165) is 12.0 Å². The molecule has 0 fully saturated rings. The smallest absolute Gasteiger partial charge is 0.254 e. The van der Waals surface area contributed by atoms with Crippen molar-refractivity contribution in [2.45, 2.75) is 12.5 Å². The third kappa shape index (κ3) is 5.85. The van der Waals surface area contributed by atoms with E-state index in [-0.39, 0.29) is 49.9 Å². The minimum Gasteiger partial charge on any atom is -0.497 e. The highest BCUT2D eigenvalue weighted by Crippen LogP contribution is 2.34. The standard InChI is InChI=1S/C27H29FN2O5S/c1-33-14-13-29(27(32)19-6-5-7-20(16-19)34-2)17-26(31)30-12-10-25-21(11-15-36-25)23(30)18-35-24-9-4-3-8-22(24)28/h3-9,11,15-16,23H,10,12-14,17-18H2,1-2H3/t23-/m1/s1. The van der Waals surface area contributed by atoms with Gasteiger partial charge in [0.2, 0.25) is 5.91 Å². The summed E-state index contributed by atoms with van der Waals surface area (Å²) in [6, 6.07) is 14.6. The van der Waals surface area contributed by atoms with Gasteiger partial charge in [-0.15, -0.1) is 11.3 Å². The molecule has 2 heterocycles. The Kier molecular flexibility index (Phi) is 8.56. The van der Waals surface area contributed by atoms with Crippen LogP contribution in [0.15, 0.2) is 60.0 Å². The number of hydrogen-bond donors (Lipinski definition) is 0. The predicted molar refractivity (Wildman–Crippen MR) is 135 cm³/mol. The van der Waals surface area contributed by atoms with Crippen molar-refractivity contribution in [3.8, 4) is 11.5 Å². The van der Waals surface area contributed by atoms with Crippen LogP contribution in [0.5, 0.6) is 11.5 Å². The number of carbonyl (C=O) groups is 2. The van der Waals surface area contributed by atoms with E-state index in [1.807, 2.05) is 11.4 Å². The van der Waals surface area contributed by atoms with Crippen LogP contribution in [0.25, 0.3) is 0 Å². The largest absolute Gasteiger partial charge is 0.497 e. The Morgan fingerprint density at radius 1 is 1.14 bits per heavy atom. The number of hydrogen-bond acceptors (Lipinski definition) is 6. The van der Waals surface area contributed by atoms with Crippen molar-refractivity contribution < 1.29 is 28.2 Å². The molecule has 7 nitrogen and oxygen atoms in total. The first-order valence-corrected chi connectivity index (χ1v) is 12.5. The van der Waals surface area contributed by atoms with Crippen molar-refractivity contribution >= 4 is 23.2 Å². The lowest BCUT2D eigenvalue weighted by Crippen LogP contribution is -2.48. The number of amides is 2. The molecule has 2 amide bonds. The van der Waals surface area contributed by atoms with E-state index in [1.54, 1.807) is 65.8 Å². The van der Waals surface area contributed by atoms with Gasteiger partial charge >= 0.3 is 0 Å². The van der Waals surface area contributed by atoms with Crippen LogP contribution in [0.4, 0.5) is 4.39 Å². The summed E-state index contributed by atoms with van der Waals surface area (Å²) in [6.45, 7) is 1.03. The molecule has 1 aromatic heterocycles. The van der Waals surface area contributed by atoms with Gasteiger partial charge in [-0.3, -0.25) is 9.59 Å². The zero-order chi connectivity index (χ0) is 25.5. The lowest BCUT2D eigenvalue weighted by atomic mass is 10.0. The molecule has 0 saturated carbocycles. The van der Waals surface area contributed by atoms with Gasteiger partial charge < -0.3 is 24.0 Å². The number of fused-ring (bicyclic) bond motifs is 1. The molecule has 0 spiro atoms. The first-order chi connectivity index (χ1) is 17.5. The van der Waals surface area contributed by atoms with Crippen LogP contribution in [-0.2, 0) is 16.0 Å². The molecule has 0 unspecified atom stereocenters. The Morgan fingerprint density at radius 3 is 2.75 bits per heavy atom. The van der Waals surface area contributed by atoms with Gasteiger partial charge in [-0.25, -0.2) is 4.39 Å². The molecule has 0 radical (unpaired) electrons. The van der Waals surface area contributed by atoms with Crippen molar-refractivity contribution in [3.05, 3.63) is 81.8 Å². The number of methoxy groups -OCH3 is 2. The van der Waals surface area contributed by atoms with Gasteiger partial charge in [0.25, 0.3) is 5.91 Å². The average Bonchev–Trinajstić information content (AvgIpc) is 3.39. The lowest BCUT2D eigenvalue weighted by Gasteiger charge is -2.37. The number of para-hydroxylation sites is 1. The van der Waals surface area contributed by atoms with Crippen LogP contribution < -0.4 is 9.47 Å². The maximum absolute atomic E-state index is 14.2. The molecule has 36 heavy (non-hydrogen) atoms. The van der Waals surface area contributed by atoms with Crippen LogP contribution in [0.2, 0.25) is 0 Å². The van der Waals surface area contributed by atoms with Gasteiger partial charge in [0.1, 0.15) is 18.9 Å². The highest BCUT2D eigenvalue weighted by atomic mass is 32.1. The Morgan fingerprint density at radius 2 is 1.97 bits per heavy atom. The van der Waals surface area contributed by atoms with Crippen LogP contribution in [0.3, 0.4) is 0 Å². The monoisotopic (exact) mass is 512 g/mol. The van der Waals surface area contributed by atoms with E-state index in [4.69, 9.17) is 14.2 Å². The molecule has 1 atom stereocenters. The quantitative estimate of drug-likeness (QED) is 0.408. The molecule has 1 aliphatic rings. The SMILES string of the molecule is COCCN(CC(=O)N1CCc2sccc2[C@H]1COc1ccccc1F)C(=O)c1cccc(OC)c1. The highest BCUT2D eigenvalue weighted by molar-refractivity contribution is 7.10. The third-order valence-corrected chi connectivity index (χ3v) is 7.14. The maximum atomic E-state index is 14.2. The lowest BCUT2D eigenvalue weighted by molar-refractivity contribution is -0.135. The van der Waals surface area contributed by atoms with Gasteiger partial charge in [0, 0.05) is 30.6 Å².